The molecule has 1 fully saturated rings. The summed E-state index contributed by atoms with van der Waals surface area (Å²) in [6.07, 6.45) is 6.21. The molecule has 3 atom stereocenters. The van der Waals surface area contributed by atoms with Gasteiger partial charge in [-0.1, -0.05) is 11.6 Å². The van der Waals surface area contributed by atoms with Crippen LogP contribution in [0.25, 0.3) is 10.9 Å². The van der Waals surface area contributed by atoms with Crippen molar-refractivity contribution in [3.63, 3.8) is 0 Å². The number of aliphatic hydroxyl groups excluding tert-OH is 1. The molecular formula is C27H33ClN2O4S. The van der Waals surface area contributed by atoms with Crippen molar-refractivity contribution in [3.05, 3.63) is 57.4 Å². The smallest absolute Gasteiger partial charge is 0.308 e. The van der Waals surface area contributed by atoms with Crippen molar-refractivity contribution < 1.29 is 19.7 Å². The van der Waals surface area contributed by atoms with E-state index in [1.54, 1.807) is 24.6 Å². The van der Waals surface area contributed by atoms with Crippen molar-refractivity contribution in [1.82, 2.24) is 9.88 Å². The van der Waals surface area contributed by atoms with Gasteiger partial charge in [-0.3, -0.25) is 9.78 Å². The summed E-state index contributed by atoms with van der Waals surface area (Å²) in [5.74, 6) is -0.353. The first-order valence-corrected chi connectivity index (χ1v) is 13.4. The molecule has 6 nitrogen and oxygen atoms in total. The molecule has 8 heteroatoms. The highest BCUT2D eigenvalue weighted by molar-refractivity contribution is 7.16. The van der Waals surface area contributed by atoms with Crippen LogP contribution < -0.4 is 4.74 Å². The number of methoxy groups -OCH3 is 1. The Morgan fingerprint density at radius 1 is 1.29 bits per heavy atom. The van der Waals surface area contributed by atoms with E-state index in [-0.39, 0.29) is 5.92 Å². The van der Waals surface area contributed by atoms with Crippen LogP contribution in [0.2, 0.25) is 4.34 Å². The molecule has 2 aromatic heterocycles. The molecule has 0 bridgehead atoms. The van der Waals surface area contributed by atoms with Gasteiger partial charge >= 0.3 is 5.97 Å². The van der Waals surface area contributed by atoms with Gasteiger partial charge in [0.2, 0.25) is 0 Å². The van der Waals surface area contributed by atoms with Crippen molar-refractivity contribution in [2.45, 2.75) is 44.6 Å². The van der Waals surface area contributed by atoms with E-state index in [4.69, 9.17) is 16.3 Å². The second-order valence-corrected chi connectivity index (χ2v) is 11.1. The minimum absolute atomic E-state index is 0.0642. The molecule has 0 radical (unpaired) electrons. The number of ether oxygens (including phenoxy) is 1. The first-order valence-electron chi connectivity index (χ1n) is 12.2. The van der Waals surface area contributed by atoms with Gasteiger partial charge in [0.05, 0.1) is 29.0 Å². The molecule has 1 unspecified atom stereocenters. The van der Waals surface area contributed by atoms with Crippen LogP contribution in [0.5, 0.6) is 5.75 Å². The van der Waals surface area contributed by atoms with Gasteiger partial charge in [-0.25, -0.2) is 0 Å². The third-order valence-electron chi connectivity index (χ3n) is 7.09. The molecule has 1 aliphatic rings. The van der Waals surface area contributed by atoms with Gasteiger partial charge < -0.3 is 19.8 Å². The molecule has 0 aliphatic carbocycles. The lowest BCUT2D eigenvalue weighted by Crippen LogP contribution is -2.44. The number of carbonyl (C=O) groups is 1. The number of pyridine rings is 1. The van der Waals surface area contributed by atoms with Crippen LogP contribution in [0, 0.1) is 11.8 Å². The zero-order valence-corrected chi connectivity index (χ0v) is 21.6. The molecule has 4 rings (SSSR count). The number of hydrogen-bond acceptors (Lipinski definition) is 6. The number of aliphatic carboxylic acids is 1. The number of aliphatic hydroxyl groups is 1. The SMILES string of the molecule is COc1ccc2nccc(C(O)CC[C@@H]3CCN(CCCCc4ccc(Cl)s4)C[C@@H]3C(=O)O)c2c1. The number of rotatable bonds is 11. The number of unbranched alkanes of at least 4 members (excludes halogenated alkanes) is 1. The number of nitrogens with zero attached hydrogens (tertiary/aromatic N) is 2. The van der Waals surface area contributed by atoms with Gasteiger partial charge in [-0.15, -0.1) is 11.3 Å². The van der Waals surface area contributed by atoms with Crippen molar-refractivity contribution in [3.8, 4) is 5.75 Å². The van der Waals surface area contributed by atoms with E-state index in [2.05, 4.69) is 16.0 Å². The molecule has 0 saturated carbocycles. The average molecular weight is 517 g/mol. The Hall–Kier alpha value is -2.19. The number of thiophene rings is 1. The summed E-state index contributed by atoms with van der Waals surface area (Å²) in [5, 5.41) is 21.8. The van der Waals surface area contributed by atoms with Crippen LogP contribution >= 0.6 is 22.9 Å². The maximum atomic E-state index is 12.1. The summed E-state index contributed by atoms with van der Waals surface area (Å²) < 4.78 is 6.16. The minimum Gasteiger partial charge on any atom is -0.497 e. The van der Waals surface area contributed by atoms with Gasteiger partial charge in [0.25, 0.3) is 0 Å². The molecule has 1 saturated heterocycles. The molecule has 2 N–H and O–H groups in total. The van der Waals surface area contributed by atoms with Crippen molar-refractivity contribution in [2.24, 2.45) is 11.8 Å². The maximum absolute atomic E-state index is 12.1. The normalized spacial score (nSPS) is 19.6. The summed E-state index contributed by atoms with van der Waals surface area (Å²) in [5.41, 5.74) is 1.62. The van der Waals surface area contributed by atoms with Crippen molar-refractivity contribution >= 4 is 39.8 Å². The van der Waals surface area contributed by atoms with Gasteiger partial charge in [0.1, 0.15) is 5.75 Å². The topological polar surface area (TPSA) is 82.9 Å². The Bertz CT molecular complexity index is 1140. The second kappa shape index (κ2) is 12.2. The lowest BCUT2D eigenvalue weighted by atomic mass is 9.81. The highest BCUT2D eigenvalue weighted by Gasteiger charge is 2.34. The van der Waals surface area contributed by atoms with Gasteiger partial charge in [-0.2, -0.15) is 0 Å². The number of carboxylic acid groups (broad SMARTS) is 1. The molecule has 3 aromatic rings. The second-order valence-electron chi connectivity index (χ2n) is 9.33. The number of halogens is 1. The van der Waals surface area contributed by atoms with Crippen LogP contribution in [-0.4, -0.2) is 52.8 Å². The largest absolute Gasteiger partial charge is 0.497 e. The number of aromatic nitrogens is 1. The van der Waals surface area contributed by atoms with Gasteiger partial charge in [0.15, 0.2) is 0 Å². The Labute approximate surface area is 215 Å². The van der Waals surface area contributed by atoms with E-state index in [1.807, 2.05) is 30.3 Å². The molecule has 35 heavy (non-hydrogen) atoms. The Morgan fingerprint density at radius 2 is 2.14 bits per heavy atom. The fraction of sp³-hybridized carbons (Fsp3) is 0.481. The average Bonchev–Trinajstić information content (AvgIpc) is 3.29. The van der Waals surface area contributed by atoms with Gasteiger partial charge in [0, 0.05) is 23.0 Å². The monoisotopic (exact) mass is 516 g/mol. The highest BCUT2D eigenvalue weighted by Crippen LogP contribution is 2.34. The number of fused-ring (bicyclic) bond motifs is 1. The first kappa shape index (κ1) is 25.9. The van der Waals surface area contributed by atoms with E-state index in [0.717, 1.165) is 65.3 Å². The summed E-state index contributed by atoms with van der Waals surface area (Å²) in [6, 6.07) is 11.5. The molecule has 3 heterocycles. The van der Waals surface area contributed by atoms with Crippen LogP contribution in [0.15, 0.2) is 42.6 Å². The van der Waals surface area contributed by atoms with E-state index in [9.17, 15) is 15.0 Å². The fourth-order valence-corrected chi connectivity index (χ4v) is 6.24. The molecule has 0 amide bonds. The zero-order chi connectivity index (χ0) is 24.8. The van der Waals surface area contributed by atoms with Crippen LogP contribution in [0.4, 0.5) is 0 Å². The van der Waals surface area contributed by atoms with Crippen molar-refractivity contribution in [2.75, 3.05) is 26.7 Å². The Balaban J connectivity index is 1.30. The standard InChI is InChI=1S/C27H33ClN2O4S/c1-34-19-6-8-24-22(16-19)21(11-13-29-24)25(31)9-5-18-12-15-30(17-23(18)27(32)33)14-3-2-4-20-7-10-26(28)35-20/h6-8,10-11,13,16,18,23,25,31H,2-5,9,12,14-15,17H2,1H3,(H,32,33)/t18-,23+,25?/m1/s1. The Kier molecular flexibility index (Phi) is 9.00. The van der Waals surface area contributed by atoms with Crippen LogP contribution in [-0.2, 0) is 11.2 Å². The molecular weight excluding hydrogens is 484 g/mol. The number of hydrogen-bond donors (Lipinski definition) is 2. The number of aryl methyl sites for hydroxylation is 1. The predicted molar refractivity (Wildman–Crippen MR) is 140 cm³/mol. The van der Waals surface area contributed by atoms with Crippen LogP contribution in [0.1, 0.15) is 48.6 Å². The first-order chi connectivity index (χ1) is 16.9. The molecule has 1 aromatic carbocycles. The molecule has 1 aliphatic heterocycles. The highest BCUT2D eigenvalue weighted by atomic mass is 35.5. The number of carboxylic acids is 1. The molecule has 188 valence electrons. The lowest BCUT2D eigenvalue weighted by molar-refractivity contribution is -0.146. The summed E-state index contributed by atoms with van der Waals surface area (Å²) >= 11 is 7.63. The van der Waals surface area contributed by atoms with Crippen LogP contribution in [0.3, 0.4) is 0 Å². The summed E-state index contributed by atoms with van der Waals surface area (Å²) in [7, 11) is 1.62. The van der Waals surface area contributed by atoms with E-state index < -0.39 is 18.0 Å². The quantitative estimate of drug-likeness (QED) is 0.312. The third kappa shape index (κ3) is 6.73. The van der Waals surface area contributed by atoms with Crippen molar-refractivity contribution in [1.29, 1.82) is 0 Å². The fourth-order valence-electron chi connectivity index (χ4n) is 5.11. The zero-order valence-electron chi connectivity index (χ0n) is 20.0. The van der Waals surface area contributed by atoms with E-state index in [1.165, 1.54) is 4.88 Å². The summed E-state index contributed by atoms with van der Waals surface area (Å²) in [6.45, 7) is 2.41. The Morgan fingerprint density at radius 3 is 2.89 bits per heavy atom. The van der Waals surface area contributed by atoms with Gasteiger partial charge in [-0.05, 0) is 99.5 Å². The number of piperidine rings is 1. The minimum atomic E-state index is -0.735. The summed E-state index contributed by atoms with van der Waals surface area (Å²) in [4.78, 5) is 20.0. The van der Waals surface area contributed by atoms with E-state index >= 15 is 0 Å². The maximum Gasteiger partial charge on any atom is 0.308 e. The van der Waals surface area contributed by atoms with E-state index in [0.29, 0.717) is 19.4 Å². The predicted octanol–water partition coefficient (Wildman–Crippen LogP) is 5.82. The third-order valence-corrected chi connectivity index (χ3v) is 8.38. The molecule has 0 spiro atoms. The number of likely N-dealkylation sites (tertiary alicyclic amines) is 1. The lowest BCUT2D eigenvalue weighted by Gasteiger charge is -2.37. The number of benzene rings is 1.